The Morgan fingerprint density at radius 1 is 1.20 bits per heavy atom. The van der Waals surface area contributed by atoms with E-state index in [1.54, 1.807) is 18.2 Å². The molecule has 5 heteroatoms. The van der Waals surface area contributed by atoms with Crippen molar-refractivity contribution in [2.75, 3.05) is 5.32 Å². The summed E-state index contributed by atoms with van der Waals surface area (Å²) in [4.78, 5) is 0. The number of hydrogen-bond donors (Lipinski definition) is 1. The maximum absolute atomic E-state index is 12.2. The summed E-state index contributed by atoms with van der Waals surface area (Å²) < 4.78 is 34.2. The molecule has 0 aliphatic heterocycles. The van der Waals surface area contributed by atoms with Crippen molar-refractivity contribution in [2.45, 2.75) is 33.4 Å². The van der Waals surface area contributed by atoms with Crippen molar-refractivity contribution in [3.8, 4) is 5.75 Å². The first-order chi connectivity index (χ1) is 9.45. The van der Waals surface area contributed by atoms with E-state index in [1.807, 2.05) is 26.8 Å². The molecule has 0 saturated carbocycles. The summed E-state index contributed by atoms with van der Waals surface area (Å²) in [5.74, 6) is 1.83. The second kappa shape index (κ2) is 5.94. The average molecular weight is 281 g/mol. The lowest BCUT2D eigenvalue weighted by Crippen LogP contribution is -2.07. The fourth-order valence-corrected chi connectivity index (χ4v) is 2.17. The van der Waals surface area contributed by atoms with E-state index in [2.05, 4.69) is 10.1 Å². The number of halogens is 2. The van der Waals surface area contributed by atoms with E-state index in [-0.39, 0.29) is 11.8 Å². The first-order valence-electron chi connectivity index (χ1n) is 6.34. The maximum atomic E-state index is 12.2. The summed E-state index contributed by atoms with van der Waals surface area (Å²) in [5, 5.41) is 3.24. The van der Waals surface area contributed by atoms with Gasteiger partial charge < -0.3 is 14.5 Å². The molecular formula is C15H17F2NO2. The van der Waals surface area contributed by atoms with Crippen LogP contribution in [0, 0.1) is 13.8 Å². The number of rotatable bonds is 5. The van der Waals surface area contributed by atoms with Gasteiger partial charge in [-0.25, -0.2) is 0 Å². The van der Waals surface area contributed by atoms with Crippen LogP contribution in [0.5, 0.6) is 5.75 Å². The predicted molar refractivity (Wildman–Crippen MR) is 73.3 cm³/mol. The average Bonchev–Trinajstić information content (AvgIpc) is 2.68. The molecule has 0 bridgehead atoms. The van der Waals surface area contributed by atoms with Crippen molar-refractivity contribution in [2.24, 2.45) is 0 Å². The first-order valence-corrected chi connectivity index (χ1v) is 6.34. The van der Waals surface area contributed by atoms with E-state index in [9.17, 15) is 8.78 Å². The summed E-state index contributed by atoms with van der Waals surface area (Å²) in [6, 6.07) is 8.48. The molecule has 1 aromatic heterocycles. The van der Waals surface area contributed by atoms with Crippen molar-refractivity contribution in [3.05, 3.63) is 47.4 Å². The zero-order chi connectivity index (χ0) is 14.7. The monoisotopic (exact) mass is 281 g/mol. The van der Waals surface area contributed by atoms with Crippen LogP contribution in [0.3, 0.4) is 0 Å². The molecule has 1 N–H and O–H groups in total. The Labute approximate surface area is 116 Å². The molecule has 0 amide bonds. The number of anilines is 1. The number of benzene rings is 1. The van der Waals surface area contributed by atoms with Crippen LogP contribution in [-0.4, -0.2) is 6.61 Å². The van der Waals surface area contributed by atoms with Gasteiger partial charge in [-0.15, -0.1) is 0 Å². The molecule has 1 unspecified atom stereocenters. The molecule has 2 rings (SSSR count). The van der Waals surface area contributed by atoms with Crippen LogP contribution in [0.25, 0.3) is 0 Å². The van der Waals surface area contributed by atoms with Crippen LogP contribution < -0.4 is 10.1 Å². The first kappa shape index (κ1) is 14.4. The van der Waals surface area contributed by atoms with Gasteiger partial charge in [0.05, 0.1) is 6.04 Å². The van der Waals surface area contributed by atoms with E-state index < -0.39 is 6.61 Å². The van der Waals surface area contributed by atoms with Gasteiger partial charge in [-0.1, -0.05) is 6.07 Å². The second-order valence-electron chi connectivity index (χ2n) is 4.64. The number of furan rings is 1. The third-order valence-corrected chi connectivity index (χ3v) is 2.99. The van der Waals surface area contributed by atoms with Crippen LogP contribution in [-0.2, 0) is 0 Å². The van der Waals surface area contributed by atoms with E-state index in [0.717, 1.165) is 17.1 Å². The van der Waals surface area contributed by atoms with E-state index in [4.69, 9.17) is 4.42 Å². The van der Waals surface area contributed by atoms with Crippen molar-refractivity contribution in [1.29, 1.82) is 0 Å². The van der Waals surface area contributed by atoms with E-state index >= 15 is 0 Å². The minimum absolute atomic E-state index is 0.00856. The lowest BCUT2D eigenvalue weighted by Gasteiger charge is -2.15. The largest absolute Gasteiger partial charge is 0.466 e. The fourth-order valence-electron chi connectivity index (χ4n) is 2.17. The van der Waals surface area contributed by atoms with Gasteiger partial charge in [0.1, 0.15) is 17.3 Å². The zero-order valence-corrected chi connectivity index (χ0v) is 11.6. The summed E-state index contributed by atoms with van der Waals surface area (Å²) in [6.45, 7) is 2.95. The quantitative estimate of drug-likeness (QED) is 0.864. The van der Waals surface area contributed by atoms with Crippen molar-refractivity contribution < 1.29 is 17.9 Å². The highest BCUT2D eigenvalue weighted by atomic mass is 19.3. The standard InChI is InChI=1S/C15H17F2NO2/c1-9-7-14(11(3)19-9)10(2)18-12-5-4-6-13(8-12)20-15(16)17/h4-8,10,15,18H,1-3H3. The Morgan fingerprint density at radius 3 is 2.55 bits per heavy atom. The molecule has 1 heterocycles. The topological polar surface area (TPSA) is 34.4 Å². The molecule has 0 saturated heterocycles. The highest BCUT2D eigenvalue weighted by Crippen LogP contribution is 2.26. The van der Waals surface area contributed by atoms with Crippen LogP contribution in [0.15, 0.2) is 34.7 Å². The smallest absolute Gasteiger partial charge is 0.387 e. The Hall–Kier alpha value is -2.04. The highest BCUT2D eigenvalue weighted by molar-refractivity contribution is 5.50. The third kappa shape index (κ3) is 3.50. The minimum atomic E-state index is -2.82. The number of hydrogen-bond acceptors (Lipinski definition) is 3. The SMILES string of the molecule is Cc1cc(C(C)Nc2cccc(OC(F)F)c2)c(C)o1. The molecule has 0 spiro atoms. The molecule has 20 heavy (non-hydrogen) atoms. The fraction of sp³-hybridized carbons (Fsp3) is 0.333. The summed E-state index contributed by atoms with van der Waals surface area (Å²) in [7, 11) is 0. The number of aryl methyl sites for hydroxylation is 2. The molecular weight excluding hydrogens is 264 g/mol. The van der Waals surface area contributed by atoms with Gasteiger partial charge in [0.15, 0.2) is 0 Å². The van der Waals surface area contributed by atoms with Gasteiger partial charge in [0, 0.05) is 17.3 Å². The van der Waals surface area contributed by atoms with Gasteiger partial charge in [0.2, 0.25) is 0 Å². The van der Waals surface area contributed by atoms with E-state index in [1.165, 1.54) is 6.07 Å². The van der Waals surface area contributed by atoms with Gasteiger partial charge in [-0.3, -0.25) is 0 Å². The molecule has 2 aromatic rings. The number of nitrogens with one attached hydrogen (secondary N) is 1. The number of alkyl halides is 2. The molecule has 0 aliphatic rings. The van der Waals surface area contributed by atoms with Crippen molar-refractivity contribution in [1.82, 2.24) is 0 Å². The Bertz CT molecular complexity index is 581. The Morgan fingerprint density at radius 2 is 1.95 bits per heavy atom. The van der Waals surface area contributed by atoms with Gasteiger partial charge in [0.25, 0.3) is 0 Å². The third-order valence-electron chi connectivity index (χ3n) is 2.99. The van der Waals surface area contributed by atoms with Crippen LogP contribution in [0.2, 0.25) is 0 Å². The van der Waals surface area contributed by atoms with Gasteiger partial charge in [-0.05, 0) is 39.0 Å². The molecule has 3 nitrogen and oxygen atoms in total. The highest BCUT2D eigenvalue weighted by Gasteiger charge is 2.13. The second-order valence-corrected chi connectivity index (χ2v) is 4.64. The van der Waals surface area contributed by atoms with Crippen molar-refractivity contribution >= 4 is 5.69 Å². The normalized spacial score (nSPS) is 12.5. The van der Waals surface area contributed by atoms with Crippen LogP contribution >= 0.6 is 0 Å². The molecule has 1 aromatic carbocycles. The van der Waals surface area contributed by atoms with E-state index in [0.29, 0.717) is 5.69 Å². The molecule has 108 valence electrons. The lowest BCUT2D eigenvalue weighted by molar-refractivity contribution is -0.0498. The van der Waals surface area contributed by atoms with Crippen molar-refractivity contribution in [3.63, 3.8) is 0 Å². The van der Waals surface area contributed by atoms with Gasteiger partial charge in [-0.2, -0.15) is 8.78 Å². The lowest BCUT2D eigenvalue weighted by atomic mass is 10.1. The molecule has 0 radical (unpaired) electrons. The zero-order valence-electron chi connectivity index (χ0n) is 11.6. The maximum Gasteiger partial charge on any atom is 0.387 e. The van der Waals surface area contributed by atoms with Gasteiger partial charge >= 0.3 is 6.61 Å². The summed E-state index contributed by atoms with van der Waals surface area (Å²) in [6.07, 6.45) is 0. The predicted octanol–water partition coefficient (Wildman–Crippen LogP) is 4.67. The summed E-state index contributed by atoms with van der Waals surface area (Å²) in [5.41, 5.74) is 1.76. The summed E-state index contributed by atoms with van der Waals surface area (Å²) >= 11 is 0. The molecule has 0 aliphatic carbocycles. The molecule has 1 atom stereocenters. The van der Waals surface area contributed by atoms with Crippen LogP contribution in [0.1, 0.15) is 30.0 Å². The Kier molecular flexibility index (Phi) is 4.27. The van der Waals surface area contributed by atoms with Crippen LogP contribution in [0.4, 0.5) is 14.5 Å². The Balaban J connectivity index is 2.11. The number of ether oxygens (including phenoxy) is 1. The minimum Gasteiger partial charge on any atom is -0.466 e. The molecule has 0 fully saturated rings.